The summed E-state index contributed by atoms with van der Waals surface area (Å²) in [5, 5.41) is 59.2. The summed E-state index contributed by atoms with van der Waals surface area (Å²) < 4.78 is 11.0. The van der Waals surface area contributed by atoms with Gasteiger partial charge in [-0.05, 0) is 52.6 Å². The van der Waals surface area contributed by atoms with Crippen molar-refractivity contribution in [2.45, 2.75) is 64.4 Å². The first kappa shape index (κ1) is 29.6. The van der Waals surface area contributed by atoms with Crippen LogP contribution in [0.1, 0.15) is 56.5 Å². The number of aliphatic hydroxyl groups is 4. The van der Waals surface area contributed by atoms with E-state index in [2.05, 4.69) is 0 Å². The molecule has 2 saturated carbocycles. The van der Waals surface area contributed by atoms with Crippen LogP contribution < -0.4 is 15.2 Å². The van der Waals surface area contributed by atoms with Crippen molar-refractivity contribution in [1.82, 2.24) is 0 Å². The zero-order valence-corrected chi connectivity index (χ0v) is 24.6. The molecule has 0 spiro atoms. The summed E-state index contributed by atoms with van der Waals surface area (Å²) in [4.78, 5) is 40.8. The average Bonchev–Trinajstić information content (AvgIpc) is 3.41. The summed E-state index contributed by atoms with van der Waals surface area (Å²) in [6.45, 7) is 8.27. The molecule has 0 saturated heterocycles. The molecule has 4 aliphatic rings. The van der Waals surface area contributed by atoms with Crippen LogP contribution >= 0.6 is 0 Å². The van der Waals surface area contributed by atoms with Crippen LogP contribution in [0, 0.1) is 34.5 Å². The molecule has 11 nitrogen and oxygen atoms in total. The zero-order chi connectivity index (χ0) is 31.5. The lowest BCUT2D eigenvalue weighted by atomic mass is 9.36. The molecule has 1 amide bonds. The number of Topliss-reactive ketones (excluding diaryl/α,β-unsaturated/α-hetero) is 2. The molecule has 0 radical (unpaired) electrons. The Morgan fingerprint density at radius 1 is 1.05 bits per heavy atom. The van der Waals surface area contributed by atoms with Gasteiger partial charge in [0.2, 0.25) is 12.7 Å². The third-order valence-electron chi connectivity index (χ3n) is 11.3. The van der Waals surface area contributed by atoms with Gasteiger partial charge in [0.25, 0.3) is 0 Å². The minimum atomic E-state index is -2.83. The molecule has 11 heteroatoms. The van der Waals surface area contributed by atoms with Gasteiger partial charge in [-0.25, -0.2) is 0 Å². The monoisotopic (exact) mass is 595 g/mol. The molecule has 6 rings (SSSR count). The number of aliphatic hydroxyl groups excluding tert-OH is 3. The van der Waals surface area contributed by atoms with Gasteiger partial charge in [0.1, 0.15) is 17.8 Å². The van der Waals surface area contributed by atoms with Crippen LogP contribution in [0.3, 0.4) is 0 Å². The quantitative estimate of drug-likeness (QED) is 0.283. The Morgan fingerprint density at radius 3 is 2.33 bits per heavy atom. The van der Waals surface area contributed by atoms with Gasteiger partial charge in [-0.2, -0.15) is 0 Å². The van der Waals surface area contributed by atoms with Crippen LogP contribution in [0.15, 0.2) is 30.3 Å². The van der Waals surface area contributed by atoms with Crippen LogP contribution in [-0.2, 0) is 9.59 Å². The molecule has 2 fully saturated rings. The zero-order valence-electron chi connectivity index (χ0n) is 24.6. The Morgan fingerprint density at radius 2 is 1.70 bits per heavy atom. The molecule has 0 aromatic heterocycles. The average molecular weight is 596 g/mol. The van der Waals surface area contributed by atoms with E-state index in [-0.39, 0.29) is 18.1 Å². The van der Waals surface area contributed by atoms with Crippen molar-refractivity contribution in [2.75, 3.05) is 6.79 Å². The Balaban J connectivity index is 1.61. The van der Waals surface area contributed by atoms with Crippen molar-refractivity contribution in [3.63, 3.8) is 0 Å². The third kappa shape index (κ3) is 3.36. The minimum Gasteiger partial charge on any atom is -0.507 e. The highest BCUT2D eigenvalue weighted by molar-refractivity contribution is 6.10. The largest absolute Gasteiger partial charge is 0.507 e. The number of amides is 1. The van der Waals surface area contributed by atoms with Crippen molar-refractivity contribution >= 4 is 17.5 Å². The number of fused-ring (bicyclic) bond motifs is 4. The van der Waals surface area contributed by atoms with E-state index in [1.54, 1.807) is 52.0 Å². The fraction of sp³-hybridized carbons (Fsp3) is 0.531. The molecule has 0 bridgehead atoms. The van der Waals surface area contributed by atoms with E-state index in [0.717, 1.165) is 0 Å². The fourth-order valence-electron chi connectivity index (χ4n) is 9.14. The predicted octanol–water partition coefficient (Wildman–Crippen LogP) is 1.50. The van der Waals surface area contributed by atoms with Crippen LogP contribution in [0.25, 0.3) is 11.1 Å². The number of carbonyl (C=O) groups is 3. The second-order valence-electron chi connectivity index (χ2n) is 13.3. The molecule has 2 aromatic carbocycles. The summed E-state index contributed by atoms with van der Waals surface area (Å²) in [6.07, 6.45) is -5.42. The second-order valence-corrected chi connectivity index (χ2v) is 13.3. The number of hydrogen-bond acceptors (Lipinski definition) is 10. The number of nitrogens with two attached hydrogens (primary N) is 1. The summed E-state index contributed by atoms with van der Waals surface area (Å²) in [7, 11) is 0. The van der Waals surface area contributed by atoms with Gasteiger partial charge >= 0.3 is 0 Å². The van der Waals surface area contributed by atoms with E-state index in [0.29, 0.717) is 28.2 Å². The third-order valence-corrected chi connectivity index (χ3v) is 11.3. The standard InChI is InChI=1S/C32H37NO10/c1-12(2)22-25(36)21(28(33)39)26(37)32(41)27(38)23-24(35)20-16(34)8-7-15(14-6-9-17-18(10-14)43-11-42-17)19(20)13(3)30(23,4)29(40)31(22,32)5/h6-10,12-13,21-23,25,27,29,34,36,38,40-41H,11H2,1-5H3,(H2,33,39)/t13-,21-,22+,23-,25?,27?,29-,30+,31+,32+/m1/s1. The summed E-state index contributed by atoms with van der Waals surface area (Å²) in [5.41, 5.74) is 0.802. The van der Waals surface area contributed by atoms with Gasteiger partial charge in [0, 0.05) is 10.8 Å². The normalized spacial score (nSPS) is 39.7. The number of phenolic OH excluding ortho intramolecular Hbond substituents is 1. The molecule has 2 unspecified atom stereocenters. The van der Waals surface area contributed by atoms with Crippen LogP contribution in [0.2, 0.25) is 0 Å². The Labute approximate surface area is 248 Å². The maximum Gasteiger partial charge on any atom is 0.231 e. The maximum absolute atomic E-state index is 14.4. The molecule has 10 atom stereocenters. The Kier molecular flexibility index (Phi) is 6.36. The number of rotatable bonds is 3. The minimum absolute atomic E-state index is 0.0604. The molecular weight excluding hydrogens is 558 g/mol. The topological polar surface area (TPSA) is 197 Å². The van der Waals surface area contributed by atoms with Gasteiger partial charge in [-0.15, -0.1) is 0 Å². The van der Waals surface area contributed by atoms with E-state index in [1.807, 2.05) is 0 Å². The van der Waals surface area contributed by atoms with Crippen molar-refractivity contribution in [1.29, 1.82) is 0 Å². The van der Waals surface area contributed by atoms with E-state index >= 15 is 0 Å². The first-order valence-electron chi connectivity index (χ1n) is 14.5. The van der Waals surface area contributed by atoms with Crippen molar-refractivity contribution < 1.29 is 49.4 Å². The van der Waals surface area contributed by atoms with Crippen LogP contribution in [0.5, 0.6) is 17.2 Å². The molecule has 3 aliphatic carbocycles. The Hall–Kier alpha value is -3.51. The van der Waals surface area contributed by atoms with E-state index in [4.69, 9.17) is 15.2 Å². The molecule has 1 heterocycles. The number of phenols is 1. The predicted molar refractivity (Wildman–Crippen MR) is 151 cm³/mol. The highest BCUT2D eigenvalue weighted by atomic mass is 16.7. The van der Waals surface area contributed by atoms with Crippen molar-refractivity contribution in [3.05, 3.63) is 41.5 Å². The van der Waals surface area contributed by atoms with Crippen LogP contribution in [0.4, 0.5) is 0 Å². The van der Waals surface area contributed by atoms with E-state index in [9.17, 15) is 39.9 Å². The summed E-state index contributed by atoms with van der Waals surface area (Å²) in [6, 6.07) is 8.28. The van der Waals surface area contributed by atoms with Gasteiger partial charge < -0.3 is 40.7 Å². The lowest BCUT2D eigenvalue weighted by Crippen LogP contribution is -2.83. The fourth-order valence-corrected chi connectivity index (χ4v) is 9.14. The number of aromatic hydroxyl groups is 1. The number of benzene rings is 2. The second kappa shape index (κ2) is 9.25. The Bertz CT molecular complexity index is 1570. The lowest BCUT2D eigenvalue weighted by molar-refractivity contribution is -0.306. The highest BCUT2D eigenvalue weighted by Gasteiger charge is 2.80. The first-order valence-corrected chi connectivity index (χ1v) is 14.5. The first-order chi connectivity index (χ1) is 20.1. The smallest absolute Gasteiger partial charge is 0.231 e. The highest BCUT2D eigenvalue weighted by Crippen LogP contribution is 2.68. The summed E-state index contributed by atoms with van der Waals surface area (Å²) in [5.74, 6) is -8.27. The van der Waals surface area contributed by atoms with Crippen molar-refractivity contribution in [2.24, 2.45) is 40.2 Å². The van der Waals surface area contributed by atoms with E-state index < -0.39 is 81.8 Å². The van der Waals surface area contributed by atoms with Gasteiger partial charge in [0.05, 0.1) is 23.7 Å². The number of ether oxygens (including phenoxy) is 2. The van der Waals surface area contributed by atoms with Gasteiger partial charge in [0.15, 0.2) is 28.7 Å². The lowest BCUT2D eigenvalue weighted by Gasteiger charge is -2.69. The number of carbonyl (C=O) groups excluding carboxylic acids is 3. The molecule has 2 aromatic rings. The van der Waals surface area contributed by atoms with Gasteiger partial charge in [-0.1, -0.05) is 46.8 Å². The summed E-state index contributed by atoms with van der Waals surface area (Å²) >= 11 is 0. The number of hydrogen-bond donors (Lipinski definition) is 6. The molecule has 7 N–H and O–H groups in total. The number of primary amides is 1. The van der Waals surface area contributed by atoms with Crippen molar-refractivity contribution in [3.8, 4) is 28.4 Å². The van der Waals surface area contributed by atoms with Gasteiger partial charge in [-0.3, -0.25) is 14.4 Å². The molecule has 43 heavy (non-hydrogen) atoms. The molecule has 230 valence electrons. The van der Waals surface area contributed by atoms with E-state index in [1.165, 1.54) is 13.0 Å². The number of ketones is 2. The molecule has 1 aliphatic heterocycles. The molecular formula is C32H37NO10. The SMILES string of the molecule is CC(C)[C@H]1C(O)[C@@H](C(N)=O)C(=O)[C@]2(O)C(O)[C@H]3C(=O)c4c(O)ccc(-c5ccc6c(c5)OCO6)c4[C@@H](C)[C@]3(C)[C@@H](O)[C@]12C. The van der Waals surface area contributed by atoms with Crippen LogP contribution in [-0.4, -0.2) is 73.7 Å². The maximum atomic E-state index is 14.4.